The molecule has 1 aliphatic carbocycles. The summed E-state index contributed by atoms with van der Waals surface area (Å²) in [5.74, 6) is -0.377. The van der Waals surface area contributed by atoms with Crippen molar-refractivity contribution < 1.29 is 15.3 Å². The van der Waals surface area contributed by atoms with E-state index in [1.165, 1.54) is 6.33 Å². The summed E-state index contributed by atoms with van der Waals surface area (Å²) in [6.07, 6.45) is -0.117. The van der Waals surface area contributed by atoms with E-state index < -0.39 is 18.2 Å². The van der Waals surface area contributed by atoms with Crippen molar-refractivity contribution in [2.24, 2.45) is 5.92 Å². The maximum Gasteiger partial charge on any atom is 0.223 e. The zero-order valence-electron chi connectivity index (χ0n) is 10.4. The number of halogens is 1. The normalized spacial score (nSPS) is 30.2. The predicted molar refractivity (Wildman–Crippen MR) is 71.0 cm³/mol. The lowest BCUT2D eigenvalue weighted by Gasteiger charge is -2.18. The Balaban J connectivity index is 2.07. The van der Waals surface area contributed by atoms with Gasteiger partial charge in [0.25, 0.3) is 0 Å². The van der Waals surface area contributed by atoms with Crippen LogP contribution in [0.4, 0.5) is 5.95 Å². The number of nitrogens with two attached hydrogens (primary N) is 1. The molecule has 0 amide bonds. The predicted octanol–water partition coefficient (Wildman–Crippen LogP) is -0.663. The molecule has 20 heavy (non-hydrogen) atoms. The summed E-state index contributed by atoms with van der Waals surface area (Å²) >= 11 is 5.94. The maximum absolute atomic E-state index is 10.1. The number of nitrogen functional groups attached to an aromatic ring is 1. The smallest absolute Gasteiger partial charge is 0.223 e. The summed E-state index contributed by atoms with van der Waals surface area (Å²) in [7, 11) is 0. The molecule has 108 valence electrons. The monoisotopic (exact) mass is 299 g/mol. The van der Waals surface area contributed by atoms with Crippen LogP contribution in [0, 0.1) is 5.92 Å². The van der Waals surface area contributed by atoms with Crippen LogP contribution in [0.3, 0.4) is 0 Å². The second-order valence-corrected chi connectivity index (χ2v) is 5.28. The lowest BCUT2D eigenvalue weighted by atomic mass is 10.1. The zero-order valence-corrected chi connectivity index (χ0v) is 11.1. The molecule has 9 heteroatoms. The van der Waals surface area contributed by atoms with E-state index in [4.69, 9.17) is 17.3 Å². The third-order valence-corrected chi connectivity index (χ3v) is 4.02. The van der Waals surface area contributed by atoms with Crippen LogP contribution in [-0.4, -0.2) is 53.7 Å². The molecule has 0 aromatic carbocycles. The Kier molecular flexibility index (Phi) is 3.25. The van der Waals surface area contributed by atoms with Crippen LogP contribution >= 0.6 is 11.6 Å². The van der Waals surface area contributed by atoms with Crippen LogP contribution < -0.4 is 5.73 Å². The molecule has 2 heterocycles. The number of fused-ring (bicyclic) bond motifs is 1. The first-order chi connectivity index (χ1) is 9.52. The van der Waals surface area contributed by atoms with Crippen molar-refractivity contribution in [1.29, 1.82) is 0 Å². The number of aromatic nitrogens is 4. The fourth-order valence-corrected chi connectivity index (χ4v) is 2.92. The van der Waals surface area contributed by atoms with Crippen LogP contribution in [0.15, 0.2) is 6.33 Å². The van der Waals surface area contributed by atoms with Gasteiger partial charge >= 0.3 is 0 Å². The molecule has 0 radical (unpaired) electrons. The summed E-state index contributed by atoms with van der Waals surface area (Å²) in [5, 5.41) is 29.3. The Bertz CT molecular complexity index is 648. The number of hydrogen-bond acceptors (Lipinski definition) is 7. The minimum Gasteiger partial charge on any atom is -0.396 e. The molecule has 1 saturated carbocycles. The molecule has 2 aromatic rings. The first-order valence-electron chi connectivity index (χ1n) is 6.15. The van der Waals surface area contributed by atoms with E-state index in [2.05, 4.69) is 15.0 Å². The number of rotatable bonds is 2. The molecule has 8 nitrogen and oxygen atoms in total. The van der Waals surface area contributed by atoms with E-state index in [0.717, 1.165) is 0 Å². The van der Waals surface area contributed by atoms with Gasteiger partial charge in [-0.15, -0.1) is 0 Å². The van der Waals surface area contributed by atoms with Crippen molar-refractivity contribution in [2.75, 3.05) is 12.3 Å². The number of aliphatic hydroxyl groups is 3. The van der Waals surface area contributed by atoms with E-state index in [1.807, 2.05) is 0 Å². The Hall–Kier alpha value is -1.48. The van der Waals surface area contributed by atoms with Gasteiger partial charge in [0.2, 0.25) is 5.95 Å². The van der Waals surface area contributed by atoms with Crippen LogP contribution in [-0.2, 0) is 0 Å². The highest BCUT2D eigenvalue weighted by Crippen LogP contribution is 2.37. The topological polar surface area (TPSA) is 130 Å². The lowest BCUT2D eigenvalue weighted by Crippen LogP contribution is -2.30. The maximum atomic E-state index is 10.1. The number of nitrogens with zero attached hydrogens (tertiary/aromatic N) is 4. The largest absolute Gasteiger partial charge is 0.396 e. The minimum absolute atomic E-state index is 0.0102. The van der Waals surface area contributed by atoms with Gasteiger partial charge < -0.3 is 25.6 Å². The molecule has 0 aliphatic heterocycles. The van der Waals surface area contributed by atoms with Gasteiger partial charge in [-0.05, 0) is 6.42 Å². The van der Waals surface area contributed by atoms with Gasteiger partial charge in [0.1, 0.15) is 11.6 Å². The summed E-state index contributed by atoms with van der Waals surface area (Å²) in [5.41, 5.74) is 6.35. The Morgan fingerprint density at radius 1 is 1.35 bits per heavy atom. The van der Waals surface area contributed by atoms with Crippen molar-refractivity contribution >= 4 is 28.7 Å². The van der Waals surface area contributed by atoms with Gasteiger partial charge in [-0.3, -0.25) is 0 Å². The summed E-state index contributed by atoms with van der Waals surface area (Å²) < 4.78 is 1.61. The third kappa shape index (κ3) is 1.92. The Morgan fingerprint density at radius 3 is 2.75 bits per heavy atom. The van der Waals surface area contributed by atoms with Crippen molar-refractivity contribution in [3.8, 4) is 0 Å². The van der Waals surface area contributed by atoms with E-state index in [0.29, 0.717) is 17.6 Å². The summed E-state index contributed by atoms with van der Waals surface area (Å²) in [6, 6.07) is -0.447. The molecule has 1 fully saturated rings. The number of imidazole rings is 1. The van der Waals surface area contributed by atoms with Crippen molar-refractivity contribution in [3.05, 3.63) is 11.5 Å². The van der Waals surface area contributed by atoms with Gasteiger partial charge in [-0.1, -0.05) is 11.6 Å². The van der Waals surface area contributed by atoms with Crippen molar-refractivity contribution in [3.63, 3.8) is 0 Å². The zero-order chi connectivity index (χ0) is 14.4. The van der Waals surface area contributed by atoms with Crippen molar-refractivity contribution in [1.82, 2.24) is 19.5 Å². The van der Waals surface area contributed by atoms with Gasteiger partial charge in [0, 0.05) is 12.5 Å². The molecule has 2 aromatic heterocycles. The molecule has 0 bridgehead atoms. The van der Waals surface area contributed by atoms with Gasteiger partial charge in [0.15, 0.2) is 10.8 Å². The van der Waals surface area contributed by atoms with Gasteiger partial charge in [0.05, 0.1) is 18.5 Å². The van der Waals surface area contributed by atoms with Crippen LogP contribution in [0.1, 0.15) is 12.5 Å². The van der Waals surface area contributed by atoms with Crippen molar-refractivity contribution in [2.45, 2.75) is 24.7 Å². The Labute approximate surface area is 118 Å². The standard InChI is InChI=1S/C11H14ClN5O3/c12-9-6-10(16-11(13)15-9)17(3-14-6)5-1-4(2-18)7(19)8(5)20/h3-5,7-8,18-20H,1-2H2,(H2,13,15,16)/t4-,5-,7-,8+/m1/s1. The molecule has 0 unspecified atom stereocenters. The highest BCUT2D eigenvalue weighted by molar-refractivity contribution is 6.33. The molecular formula is C11H14ClN5O3. The molecule has 0 spiro atoms. The Morgan fingerprint density at radius 2 is 2.10 bits per heavy atom. The summed E-state index contributed by atoms with van der Waals surface area (Å²) in [4.78, 5) is 12.0. The molecule has 4 atom stereocenters. The first kappa shape index (κ1) is 13.5. The second-order valence-electron chi connectivity index (χ2n) is 4.92. The highest BCUT2D eigenvalue weighted by atomic mass is 35.5. The van der Waals surface area contributed by atoms with Crippen LogP contribution in [0.25, 0.3) is 11.2 Å². The highest BCUT2D eigenvalue weighted by Gasteiger charge is 2.42. The van der Waals surface area contributed by atoms with E-state index in [9.17, 15) is 15.3 Å². The van der Waals surface area contributed by atoms with Gasteiger partial charge in [-0.2, -0.15) is 9.97 Å². The number of hydrogen-bond donors (Lipinski definition) is 4. The fourth-order valence-electron chi connectivity index (χ4n) is 2.70. The fraction of sp³-hybridized carbons (Fsp3) is 0.545. The van der Waals surface area contributed by atoms with Crippen LogP contribution in [0.2, 0.25) is 5.15 Å². The average Bonchev–Trinajstić information content (AvgIpc) is 2.93. The second kappa shape index (κ2) is 4.81. The SMILES string of the molecule is Nc1nc(Cl)c2ncn([C@@H]3C[C@H](CO)[C@@H](O)[C@H]3O)c2n1. The van der Waals surface area contributed by atoms with E-state index in [-0.39, 0.29) is 23.6 Å². The molecular weight excluding hydrogens is 286 g/mol. The number of aliphatic hydroxyl groups excluding tert-OH is 3. The average molecular weight is 300 g/mol. The summed E-state index contributed by atoms with van der Waals surface area (Å²) in [6.45, 7) is -0.195. The van der Waals surface area contributed by atoms with Gasteiger partial charge in [-0.25, -0.2) is 4.98 Å². The molecule has 0 saturated heterocycles. The van der Waals surface area contributed by atoms with Crippen LogP contribution in [0.5, 0.6) is 0 Å². The minimum atomic E-state index is -1.01. The number of anilines is 1. The van der Waals surface area contributed by atoms with E-state index >= 15 is 0 Å². The first-order valence-corrected chi connectivity index (χ1v) is 6.53. The molecule has 1 aliphatic rings. The molecule has 3 rings (SSSR count). The third-order valence-electron chi connectivity index (χ3n) is 3.76. The lowest BCUT2D eigenvalue weighted by molar-refractivity contribution is -0.00370. The van der Waals surface area contributed by atoms with E-state index in [1.54, 1.807) is 4.57 Å². The quantitative estimate of drug-likeness (QED) is 0.541. The molecule has 5 N–H and O–H groups in total.